The molecule has 1 fully saturated rings. The molecule has 1 amide bonds. The summed E-state index contributed by atoms with van der Waals surface area (Å²) in [6.07, 6.45) is 1.15. The number of morpholine rings is 1. The molecule has 0 bridgehead atoms. The van der Waals surface area contributed by atoms with Gasteiger partial charge in [0.25, 0.3) is 0 Å². The van der Waals surface area contributed by atoms with Gasteiger partial charge in [0.2, 0.25) is 11.7 Å². The number of hydrogen-bond acceptors (Lipinski definition) is 8. The molecule has 0 unspecified atom stereocenters. The van der Waals surface area contributed by atoms with Crippen LogP contribution >= 0.6 is 0 Å². The van der Waals surface area contributed by atoms with Crippen LogP contribution in [0.1, 0.15) is 33.9 Å². The van der Waals surface area contributed by atoms with E-state index in [4.69, 9.17) is 23.7 Å². The molecule has 1 aliphatic carbocycles. The molecule has 4 rings (SSSR count). The molecule has 1 aliphatic heterocycles. The molecule has 34 heavy (non-hydrogen) atoms. The largest absolute Gasteiger partial charge is 0.493 e. The molecule has 9 nitrogen and oxygen atoms in total. The molecular weight excluding hydrogens is 442 g/mol. The summed E-state index contributed by atoms with van der Waals surface area (Å²) in [5.74, 6) is 0.500. The number of ether oxygens (including phenoxy) is 5. The summed E-state index contributed by atoms with van der Waals surface area (Å²) < 4.78 is 27.0. The summed E-state index contributed by atoms with van der Waals surface area (Å²) in [6.45, 7) is 0.798. The summed E-state index contributed by atoms with van der Waals surface area (Å²) in [5.41, 5.74) is 2.36. The third-order valence-electron chi connectivity index (χ3n) is 6.31. The van der Waals surface area contributed by atoms with Gasteiger partial charge in [-0.2, -0.15) is 0 Å². The van der Waals surface area contributed by atoms with Crippen molar-refractivity contribution in [3.05, 3.63) is 51.2 Å². The number of methoxy groups -OCH3 is 4. The van der Waals surface area contributed by atoms with Gasteiger partial charge in [-0.05, 0) is 47.7 Å². The minimum Gasteiger partial charge on any atom is -0.493 e. The summed E-state index contributed by atoms with van der Waals surface area (Å²) in [4.78, 5) is 39.9. The van der Waals surface area contributed by atoms with Gasteiger partial charge >= 0.3 is 5.97 Å². The number of aryl methyl sites for hydroxylation is 1. The highest BCUT2D eigenvalue weighted by molar-refractivity contribution is 5.90. The second-order valence-electron chi connectivity index (χ2n) is 7.99. The Morgan fingerprint density at radius 1 is 1.03 bits per heavy atom. The van der Waals surface area contributed by atoms with Gasteiger partial charge in [-0.3, -0.25) is 9.59 Å². The van der Waals surface area contributed by atoms with Crippen molar-refractivity contribution in [2.24, 2.45) is 0 Å². The molecule has 0 saturated carbocycles. The number of nitrogens with zero attached hydrogens (tertiary/aromatic N) is 1. The Balaban J connectivity index is 2.06. The highest BCUT2D eigenvalue weighted by Gasteiger charge is 2.34. The Hall–Kier alpha value is -3.59. The zero-order valence-electron chi connectivity index (χ0n) is 19.6. The van der Waals surface area contributed by atoms with E-state index in [1.807, 2.05) is 6.07 Å². The van der Waals surface area contributed by atoms with Crippen molar-refractivity contribution < 1.29 is 33.3 Å². The van der Waals surface area contributed by atoms with Crippen molar-refractivity contribution in [2.75, 3.05) is 48.2 Å². The summed E-state index contributed by atoms with van der Waals surface area (Å²) >= 11 is 0. The lowest BCUT2D eigenvalue weighted by atomic mass is 9.95. The number of fused-ring (bicyclic) bond motifs is 3. The van der Waals surface area contributed by atoms with Gasteiger partial charge in [-0.1, -0.05) is 6.07 Å². The molecule has 0 aromatic heterocycles. The van der Waals surface area contributed by atoms with E-state index < -0.39 is 17.4 Å². The second-order valence-corrected chi connectivity index (χ2v) is 7.99. The number of hydrogen-bond donors (Lipinski definition) is 0. The molecule has 9 heteroatoms. The highest BCUT2D eigenvalue weighted by atomic mass is 16.5. The van der Waals surface area contributed by atoms with Crippen molar-refractivity contribution in [3.8, 4) is 28.4 Å². The predicted molar refractivity (Wildman–Crippen MR) is 123 cm³/mol. The minimum atomic E-state index is -0.728. The lowest BCUT2D eigenvalue weighted by molar-refractivity contribution is -0.146. The third kappa shape index (κ3) is 3.96. The first-order valence-corrected chi connectivity index (χ1v) is 10.9. The minimum absolute atomic E-state index is 0.0135. The molecule has 2 aromatic rings. The average molecular weight is 469 g/mol. The van der Waals surface area contributed by atoms with Crippen LogP contribution in [-0.4, -0.2) is 65.0 Å². The predicted octanol–water partition coefficient (Wildman–Crippen LogP) is 2.37. The average Bonchev–Trinajstić information content (AvgIpc) is 3.10. The number of benzene rings is 1. The van der Waals surface area contributed by atoms with Crippen LogP contribution in [0.15, 0.2) is 29.1 Å². The molecule has 0 N–H and O–H groups in total. The molecule has 1 atom stereocenters. The van der Waals surface area contributed by atoms with Gasteiger partial charge in [-0.25, -0.2) is 4.79 Å². The fourth-order valence-corrected chi connectivity index (χ4v) is 4.75. The van der Waals surface area contributed by atoms with Crippen LogP contribution < -0.4 is 19.6 Å². The van der Waals surface area contributed by atoms with Crippen molar-refractivity contribution >= 4 is 11.9 Å². The van der Waals surface area contributed by atoms with Crippen LogP contribution in [0, 0.1) is 0 Å². The van der Waals surface area contributed by atoms with Gasteiger partial charge in [0.05, 0.1) is 41.1 Å². The molecule has 2 aromatic carbocycles. The van der Waals surface area contributed by atoms with Crippen LogP contribution in [0.4, 0.5) is 0 Å². The van der Waals surface area contributed by atoms with E-state index in [2.05, 4.69) is 0 Å². The van der Waals surface area contributed by atoms with Crippen LogP contribution in [-0.2, 0) is 20.7 Å². The maximum absolute atomic E-state index is 13.1. The monoisotopic (exact) mass is 469 g/mol. The molecule has 2 aliphatic rings. The maximum Gasteiger partial charge on any atom is 0.341 e. The third-order valence-corrected chi connectivity index (χ3v) is 6.31. The van der Waals surface area contributed by atoms with E-state index >= 15 is 0 Å². The molecule has 0 radical (unpaired) electrons. The topological polar surface area (TPSA) is 101 Å². The molecule has 180 valence electrons. The van der Waals surface area contributed by atoms with Gasteiger partial charge in [0, 0.05) is 12.1 Å². The number of carbonyl (C=O) groups is 2. The second kappa shape index (κ2) is 9.72. The first-order valence-electron chi connectivity index (χ1n) is 10.9. The zero-order valence-corrected chi connectivity index (χ0v) is 19.6. The van der Waals surface area contributed by atoms with Crippen LogP contribution in [0.3, 0.4) is 0 Å². The number of rotatable bonds is 5. The van der Waals surface area contributed by atoms with Crippen molar-refractivity contribution in [2.45, 2.75) is 18.9 Å². The molecule has 1 saturated heterocycles. The Bertz CT molecular complexity index is 1190. The quantitative estimate of drug-likeness (QED) is 0.616. The zero-order chi connectivity index (χ0) is 24.4. The van der Waals surface area contributed by atoms with Crippen molar-refractivity contribution in [3.63, 3.8) is 0 Å². The van der Waals surface area contributed by atoms with Crippen molar-refractivity contribution in [1.82, 2.24) is 4.90 Å². The van der Waals surface area contributed by atoms with Crippen LogP contribution in [0.5, 0.6) is 17.2 Å². The van der Waals surface area contributed by atoms with E-state index in [-0.39, 0.29) is 18.1 Å². The number of amides is 1. The van der Waals surface area contributed by atoms with Gasteiger partial charge in [0.15, 0.2) is 16.9 Å². The van der Waals surface area contributed by atoms with Gasteiger partial charge in [-0.15, -0.1) is 0 Å². The summed E-state index contributed by atoms with van der Waals surface area (Å²) in [6, 6.07) is 6.08. The van der Waals surface area contributed by atoms with Gasteiger partial charge in [0.1, 0.15) is 12.2 Å². The number of carbonyl (C=O) groups excluding carboxylic acids is 2. The Labute approximate surface area is 197 Å². The van der Waals surface area contributed by atoms with E-state index in [1.54, 1.807) is 18.1 Å². The normalized spacial score (nSPS) is 17.2. The lowest BCUT2D eigenvalue weighted by Gasteiger charge is -2.34. The van der Waals surface area contributed by atoms with Crippen LogP contribution in [0.25, 0.3) is 11.1 Å². The fraction of sp³-hybridized carbons (Fsp3) is 0.400. The van der Waals surface area contributed by atoms with Gasteiger partial charge < -0.3 is 28.6 Å². The Kier molecular flexibility index (Phi) is 6.74. The first kappa shape index (κ1) is 23.6. The standard InChI is InChI=1S/C25H27NO8/c1-30-20-11-14-5-8-18(26-9-10-34-13-21(26)28)17-12-19(27)16(25(29)33-4)7-6-15(17)22(14)24(32-3)23(20)31-2/h6-7,11-12,18H,5,8-10,13H2,1-4H3/t18-/m0/s1. The first-order chi connectivity index (χ1) is 16.4. The highest BCUT2D eigenvalue weighted by Crippen LogP contribution is 2.50. The molecule has 0 spiro atoms. The Morgan fingerprint density at radius 3 is 2.44 bits per heavy atom. The van der Waals surface area contributed by atoms with Crippen LogP contribution in [0.2, 0.25) is 0 Å². The Morgan fingerprint density at radius 2 is 1.79 bits per heavy atom. The van der Waals surface area contributed by atoms with E-state index in [0.717, 1.165) is 11.1 Å². The smallest absolute Gasteiger partial charge is 0.341 e. The lowest BCUT2D eigenvalue weighted by Crippen LogP contribution is -2.44. The molecular formula is C25H27NO8. The summed E-state index contributed by atoms with van der Waals surface area (Å²) in [7, 11) is 5.84. The number of esters is 1. The maximum atomic E-state index is 13.1. The van der Waals surface area contributed by atoms with Crippen molar-refractivity contribution in [1.29, 1.82) is 0 Å². The van der Waals surface area contributed by atoms with E-state index in [0.29, 0.717) is 54.4 Å². The van der Waals surface area contributed by atoms with E-state index in [9.17, 15) is 14.4 Å². The molecule has 1 heterocycles. The fourth-order valence-electron chi connectivity index (χ4n) is 4.75. The van der Waals surface area contributed by atoms with E-state index in [1.165, 1.54) is 33.5 Å². The summed E-state index contributed by atoms with van der Waals surface area (Å²) in [5, 5.41) is 0. The SMILES string of the molecule is COC(=O)c1ccc2c(cc1=O)[C@@H](N1CCOCC1=O)CCc1cc(OC)c(OC)c(OC)c1-2.